The van der Waals surface area contributed by atoms with Gasteiger partial charge in [-0.25, -0.2) is 9.18 Å². The van der Waals surface area contributed by atoms with E-state index in [-0.39, 0.29) is 30.4 Å². The van der Waals surface area contributed by atoms with Gasteiger partial charge in [0, 0.05) is 37.4 Å². The molecule has 2 aliphatic heterocycles. The summed E-state index contributed by atoms with van der Waals surface area (Å²) in [6, 6.07) is 11.5. The number of carbonyl (C=O) groups excluding carboxylic acids is 2. The first-order valence-electron chi connectivity index (χ1n) is 9.15. The Morgan fingerprint density at radius 2 is 2.07 bits per heavy atom. The molecule has 0 spiro atoms. The molecule has 0 bridgehead atoms. The first-order chi connectivity index (χ1) is 13.5. The fourth-order valence-electron chi connectivity index (χ4n) is 3.53. The molecule has 0 radical (unpaired) electrons. The SMILES string of the molecule is CC1CN(c2ccccc2F)CCN1C(=O)Nc1ccc2c(c1)OCC(=O)N2. The number of anilines is 3. The highest BCUT2D eigenvalue weighted by atomic mass is 19.1. The van der Waals surface area contributed by atoms with E-state index >= 15 is 0 Å². The molecule has 2 heterocycles. The number of piperazine rings is 1. The van der Waals surface area contributed by atoms with E-state index in [2.05, 4.69) is 10.6 Å². The molecule has 8 heteroatoms. The number of halogens is 1. The van der Waals surface area contributed by atoms with Crippen molar-refractivity contribution < 1.29 is 18.7 Å². The van der Waals surface area contributed by atoms with Gasteiger partial charge in [-0.15, -0.1) is 0 Å². The van der Waals surface area contributed by atoms with Crippen molar-refractivity contribution in [3.05, 3.63) is 48.3 Å². The number of hydrogen-bond acceptors (Lipinski definition) is 4. The summed E-state index contributed by atoms with van der Waals surface area (Å²) in [5.41, 5.74) is 1.73. The number of para-hydroxylation sites is 1. The number of benzene rings is 2. The lowest BCUT2D eigenvalue weighted by molar-refractivity contribution is -0.118. The van der Waals surface area contributed by atoms with Gasteiger partial charge in [0.25, 0.3) is 5.91 Å². The van der Waals surface area contributed by atoms with Crippen LogP contribution in [-0.4, -0.2) is 49.1 Å². The Kier molecular flexibility index (Phi) is 4.77. The molecule has 2 aliphatic rings. The predicted molar refractivity (Wildman–Crippen MR) is 104 cm³/mol. The molecular formula is C20H21FN4O3. The van der Waals surface area contributed by atoms with E-state index in [0.717, 1.165) is 0 Å². The molecule has 1 atom stereocenters. The molecule has 1 unspecified atom stereocenters. The maximum Gasteiger partial charge on any atom is 0.322 e. The third-order valence-electron chi connectivity index (χ3n) is 4.95. The van der Waals surface area contributed by atoms with Crippen molar-refractivity contribution in [1.29, 1.82) is 0 Å². The predicted octanol–water partition coefficient (Wildman–Crippen LogP) is 2.90. The molecule has 1 saturated heterocycles. The minimum atomic E-state index is -0.256. The van der Waals surface area contributed by atoms with Crippen LogP contribution in [0.4, 0.5) is 26.2 Å². The molecule has 0 aliphatic carbocycles. The molecule has 0 aromatic heterocycles. The zero-order valence-corrected chi connectivity index (χ0v) is 15.4. The van der Waals surface area contributed by atoms with E-state index in [9.17, 15) is 14.0 Å². The topological polar surface area (TPSA) is 73.9 Å². The lowest BCUT2D eigenvalue weighted by Gasteiger charge is -2.41. The molecule has 2 aromatic carbocycles. The molecule has 2 N–H and O–H groups in total. The Morgan fingerprint density at radius 3 is 2.86 bits per heavy atom. The van der Waals surface area contributed by atoms with Crippen LogP contribution in [0.3, 0.4) is 0 Å². The van der Waals surface area contributed by atoms with Crippen molar-refractivity contribution in [2.75, 3.05) is 41.8 Å². The second-order valence-corrected chi connectivity index (χ2v) is 6.92. The molecule has 0 saturated carbocycles. The van der Waals surface area contributed by atoms with Gasteiger partial charge in [0.05, 0.1) is 11.4 Å². The maximum absolute atomic E-state index is 14.0. The number of rotatable bonds is 2. The highest BCUT2D eigenvalue weighted by Crippen LogP contribution is 2.31. The molecule has 3 amide bonds. The Labute approximate surface area is 162 Å². The van der Waals surface area contributed by atoms with Crippen LogP contribution in [0.25, 0.3) is 0 Å². The number of fused-ring (bicyclic) bond motifs is 1. The van der Waals surface area contributed by atoms with Crippen LogP contribution in [0.2, 0.25) is 0 Å². The number of nitrogens with zero attached hydrogens (tertiary/aromatic N) is 2. The number of nitrogens with one attached hydrogen (secondary N) is 2. The number of ether oxygens (including phenoxy) is 1. The zero-order valence-electron chi connectivity index (χ0n) is 15.4. The third-order valence-corrected chi connectivity index (χ3v) is 4.95. The minimum absolute atomic E-state index is 0.0422. The molecular weight excluding hydrogens is 363 g/mol. The Bertz CT molecular complexity index is 920. The summed E-state index contributed by atoms with van der Waals surface area (Å²) in [6.45, 7) is 3.49. The third kappa shape index (κ3) is 3.58. The van der Waals surface area contributed by atoms with Crippen LogP contribution in [-0.2, 0) is 4.79 Å². The summed E-state index contributed by atoms with van der Waals surface area (Å²) in [6.07, 6.45) is 0. The van der Waals surface area contributed by atoms with E-state index in [1.807, 2.05) is 17.9 Å². The van der Waals surface area contributed by atoms with Gasteiger partial charge >= 0.3 is 6.03 Å². The van der Waals surface area contributed by atoms with Gasteiger partial charge in [-0.3, -0.25) is 4.79 Å². The van der Waals surface area contributed by atoms with E-state index in [1.54, 1.807) is 35.2 Å². The maximum atomic E-state index is 14.0. The second-order valence-electron chi connectivity index (χ2n) is 6.92. The normalized spacial score (nSPS) is 18.8. The first-order valence-corrected chi connectivity index (χ1v) is 9.15. The molecule has 28 heavy (non-hydrogen) atoms. The fourth-order valence-corrected chi connectivity index (χ4v) is 3.53. The summed E-state index contributed by atoms with van der Waals surface area (Å²) in [5, 5.41) is 5.58. The number of carbonyl (C=O) groups is 2. The van der Waals surface area contributed by atoms with Crippen molar-refractivity contribution in [1.82, 2.24) is 4.90 Å². The van der Waals surface area contributed by atoms with Gasteiger partial charge in [0.1, 0.15) is 11.6 Å². The van der Waals surface area contributed by atoms with Crippen molar-refractivity contribution in [2.24, 2.45) is 0 Å². The minimum Gasteiger partial charge on any atom is -0.482 e. The molecule has 7 nitrogen and oxygen atoms in total. The van der Waals surface area contributed by atoms with Crippen LogP contribution < -0.4 is 20.3 Å². The average molecular weight is 384 g/mol. The molecule has 4 rings (SSSR count). The van der Waals surface area contributed by atoms with E-state index in [1.165, 1.54) is 6.07 Å². The number of hydrogen-bond donors (Lipinski definition) is 2. The van der Waals surface area contributed by atoms with E-state index < -0.39 is 0 Å². The Hall–Kier alpha value is -3.29. The van der Waals surface area contributed by atoms with E-state index in [0.29, 0.717) is 42.4 Å². The van der Waals surface area contributed by atoms with Gasteiger partial charge in [-0.2, -0.15) is 0 Å². The quantitative estimate of drug-likeness (QED) is 0.835. The smallest absolute Gasteiger partial charge is 0.322 e. The number of amides is 3. The lowest BCUT2D eigenvalue weighted by Crippen LogP contribution is -2.55. The zero-order chi connectivity index (χ0) is 19.7. The first kappa shape index (κ1) is 18.1. The average Bonchev–Trinajstić information content (AvgIpc) is 2.68. The largest absolute Gasteiger partial charge is 0.482 e. The van der Waals surface area contributed by atoms with Crippen molar-refractivity contribution in [3.8, 4) is 5.75 Å². The van der Waals surface area contributed by atoms with Gasteiger partial charge in [0.2, 0.25) is 0 Å². The second kappa shape index (κ2) is 7.38. The summed E-state index contributed by atoms with van der Waals surface area (Å²) in [7, 11) is 0. The van der Waals surface area contributed by atoms with Gasteiger partial charge in [-0.05, 0) is 31.2 Å². The molecule has 146 valence electrons. The highest BCUT2D eigenvalue weighted by Gasteiger charge is 2.29. The van der Waals surface area contributed by atoms with Crippen molar-refractivity contribution in [2.45, 2.75) is 13.0 Å². The lowest BCUT2D eigenvalue weighted by atomic mass is 10.1. The Balaban J connectivity index is 1.41. The van der Waals surface area contributed by atoms with Crippen LogP contribution in [0.1, 0.15) is 6.92 Å². The van der Waals surface area contributed by atoms with E-state index in [4.69, 9.17) is 4.74 Å². The van der Waals surface area contributed by atoms with Gasteiger partial charge in [-0.1, -0.05) is 12.1 Å². The van der Waals surface area contributed by atoms with Gasteiger partial charge < -0.3 is 25.2 Å². The number of urea groups is 1. The fraction of sp³-hybridized carbons (Fsp3) is 0.300. The van der Waals surface area contributed by atoms with Crippen LogP contribution in [0.5, 0.6) is 5.75 Å². The Morgan fingerprint density at radius 1 is 1.25 bits per heavy atom. The standard InChI is InChI=1S/C20H21FN4O3/c1-13-11-24(17-5-3-2-4-15(17)21)8-9-25(13)20(27)22-14-6-7-16-18(10-14)28-12-19(26)23-16/h2-7,10,13H,8-9,11-12H2,1H3,(H,22,27)(H,23,26). The van der Waals surface area contributed by atoms with Crippen molar-refractivity contribution in [3.63, 3.8) is 0 Å². The monoisotopic (exact) mass is 384 g/mol. The van der Waals surface area contributed by atoms with Crippen LogP contribution in [0.15, 0.2) is 42.5 Å². The summed E-state index contributed by atoms with van der Waals surface area (Å²) >= 11 is 0. The van der Waals surface area contributed by atoms with Crippen LogP contribution >= 0.6 is 0 Å². The summed E-state index contributed by atoms with van der Waals surface area (Å²) < 4.78 is 19.4. The van der Waals surface area contributed by atoms with Crippen LogP contribution in [0, 0.1) is 5.82 Å². The molecule has 1 fully saturated rings. The van der Waals surface area contributed by atoms with Crippen molar-refractivity contribution >= 4 is 29.0 Å². The summed E-state index contributed by atoms with van der Waals surface area (Å²) in [4.78, 5) is 27.8. The van der Waals surface area contributed by atoms with Gasteiger partial charge in [0.15, 0.2) is 6.61 Å². The summed E-state index contributed by atoms with van der Waals surface area (Å²) in [5.74, 6) is 0.0643. The molecule has 2 aromatic rings. The highest BCUT2D eigenvalue weighted by molar-refractivity contribution is 5.96.